The van der Waals surface area contributed by atoms with Crippen molar-refractivity contribution in [2.75, 3.05) is 11.9 Å². The highest BCUT2D eigenvalue weighted by Gasteiger charge is 2.51. The summed E-state index contributed by atoms with van der Waals surface area (Å²) in [6.07, 6.45) is 2.56. The molecule has 1 spiro atoms. The number of fused-ring (bicyclic) bond motifs is 10. The van der Waals surface area contributed by atoms with Gasteiger partial charge in [-0.25, -0.2) is 0 Å². The zero-order chi connectivity index (χ0) is 26.3. The molecule has 0 bridgehead atoms. The molecule has 188 valence electrons. The molecular weight excluding hydrogens is 472 g/mol. The van der Waals surface area contributed by atoms with Gasteiger partial charge >= 0.3 is 0 Å². The molecule has 0 radical (unpaired) electrons. The van der Waals surface area contributed by atoms with E-state index in [0.29, 0.717) is 0 Å². The first-order valence-corrected chi connectivity index (χ1v) is 13.8. The zero-order valence-corrected chi connectivity index (χ0v) is 22.5. The van der Waals surface area contributed by atoms with E-state index in [1.54, 1.807) is 0 Å². The number of aryl methyl sites for hydroxylation is 1. The van der Waals surface area contributed by atoms with Crippen molar-refractivity contribution in [2.24, 2.45) is 0 Å². The molecule has 0 amide bonds. The second-order valence-electron chi connectivity index (χ2n) is 11.1. The van der Waals surface area contributed by atoms with Gasteiger partial charge in [-0.1, -0.05) is 103 Å². The Morgan fingerprint density at radius 3 is 1.72 bits per heavy atom. The quantitative estimate of drug-likeness (QED) is 0.234. The van der Waals surface area contributed by atoms with Crippen molar-refractivity contribution < 1.29 is 0 Å². The third-order valence-corrected chi connectivity index (χ3v) is 9.29. The van der Waals surface area contributed by atoms with Gasteiger partial charge in [0.15, 0.2) is 0 Å². The highest BCUT2D eigenvalue weighted by atomic mass is 15.4. The highest BCUT2D eigenvalue weighted by Crippen LogP contribution is 2.62. The topological polar surface area (TPSA) is 6.48 Å². The van der Waals surface area contributed by atoms with E-state index >= 15 is 0 Å². The minimum Gasteiger partial charge on any atom is -0.353 e. The summed E-state index contributed by atoms with van der Waals surface area (Å²) in [6.45, 7) is 4.47. The summed E-state index contributed by atoms with van der Waals surface area (Å²) >= 11 is 0. The summed E-state index contributed by atoms with van der Waals surface area (Å²) in [5.74, 6) is 0. The molecule has 39 heavy (non-hydrogen) atoms. The smallest absolute Gasteiger partial charge is 0.103 e. The van der Waals surface area contributed by atoms with Crippen LogP contribution in [0.15, 0.2) is 121 Å². The lowest BCUT2D eigenvalue weighted by atomic mass is 9.70. The number of hydrogen-bond acceptors (Lipinski definition) is 2. The van der Waals surface area contributed by atoms with Crippen LogP contribution in [0.2, 0.25) is 0 Å². The van der Waals surface area contributed by atoms with E-state index in [1.807, 2.05) is 0 Å². The van der Waals surface area contributed by atoms with Gasteiger partial charge in [0, 0.05) is 18.9 Å². The molecule has 1 aliphatic heterocycles. The lowest BCUT2D eigenvalue weighted by molar-refractivity contribution is 0.399. The molecule has 1 atom stereocenters. The maximum Gasteiger partial charge on any atom is 0.103 e. The van der Waals surface area contributed by atoms with E-state index in [9.17, 15) is 0 Å². The summed E-state index contributed by atoms with van der Waals surface area (Å²) in [5.41, 5.74) is 15.7. The number of anilines is 1. The van der Waals surface area contributed by atoms with Crippen LogP contribution in [0.1, 0.15) is 40.3 Å². The molecule has 2 aliphatic carbocycles. The van der Waals surface area contributed by atoms with Gasteiger partial charge in [-0.2, -0.15) is 0 Å². The summed E-state index contributed by atoms with van der Waals surface area (Å²) in [5, 5.41) is 0. The Morgan fingerprint density at radius 2 is 1.10 bits per heavy atom. The van der Waals surface area contributed by atoms with Gasteiger partial charge < -0.3 is 9.80 Å². The van der Waals surface area contributed by atoms with Gasteiger partial charge in [0.05, 0.1) is 11.1 Å². The van der Waals surface area contributed by atoms with E-state index in [0.717, 1.165) is 0 Å². The number of rotatable bonds is 2. The van der Waals surface area contributed by atoms with Crippen LogP contribution in [0.5, 0.6) is 0 Å². The average Bonchev–Trinajstić information content (AvgIpc) is 3.56. The van der Waals surface area contributed by atoms with Gasteiger partial charge in [-0.15, -0.1) is 0 Å². The van der Waals surface area contributed by atoms with Crippen LogP contribution in [0.4, 0.5) is 5.69 Å². The maximum atomic E-state index is 2.43. The van der Waals surface area contributed by atoms with Crippen LogP contribution in [0, 0.1) is 6.92 Å². The fraction of sp³-hybridized carbons (Fsp3) is 0.135. The fourth-order valence-corrected chi connectivity index (χ4v) is 7.38. The third kappa shape index (κ3) is 2.81. The number of nitrogens with zero attached hydrogens (tertiary/aromatic N) is 2. The van der Waals surface area contributed by atoms with Crippen LogP contribution >= 0.6 is 0 Å². The average molecular weight is 503 g/mol. The summed E-state index contributed by atoms with van der Waals surface area (Å²) in [7, 11) is 2.21. The van der Waals surface area contributed by atoms with Gasteiger partial charge in [-0.05, 0) is 81.6 Å². The molecule has 5 aromatic rings. The Hall–Kier alpha value is -4.56. The zero-order valence-electron chi connectivity index (χ0n) is 22.5. The van der Waals surface area contributed by atoms with Crippen molar-refractivity contribution in [3.8, 4) is 22.3 Å². The van der Waals surface area contributed by atoms with Crippen molar-refractivity contribution >= 4 is 11.4 Å². The predicted octanol–water partition coefficient (Wildman–Crippen LogP) is 8.43. The van der Waals surface area contributed by atoms with Crippen molar-refractivity contribution in [3.63, 3.8) is 0 Å². The second-order valence-corrected chi connectivity index (χ2v) is 11.1. The molecule has 1 unspecified atom stereocenters. The molecule has 8 rings (SSSR count). The van der Waals surface area contributed by atoms with Gasteiger partial charge in [0.2, 0.25) is 0 Å². The highest BCUT2D eigenvalue weighted by molar-refractivity contribution is 5.95. The Morgan fingerprint density at radius 1 is 0.590 bits per heavy atom. The van der Waals surface area contributed by atoms with Gasteiger partial charge in [-0.3, -0.25) is 0 Å². The van der Waals surface area contributed by atoms with Crippen LogP contribution in [-0.2, 0) is 5.41 Å². The van der Waals surface area contributed by atoms with Crippen LogP contribution in [0.25, 0.3) is 28.0 Å². The summed E-state index contributed by atoms with van der Waals surface area (Å²) < 4.78 is 0. The molecule has 0 saturated heterocycles. The predicted molar refractivity (Wildman–Crippen MR) is 162 cm³/mol. The first-order valence-electron chi connectivity index (χ1n) is 13.8. The number of benzene rings is 5. The minimum absolute atomic E-state index is 0.238. The Kier molecular flexibility index (Phi) is 4.58. The first-order chi connectivity index (χ1) is 19.1. The molecule has 1 heterocycles. The normalized spacial score (nSPS) is 17.6. The van der Waals surface area contributed by atoms with Gasteiger partial charge in [0.25, 0.3) is 0 Å². The van der Waals surface area contributed by atoms with Crippen molar-refractivity contribution in [3.05, 3.63) is 155 Å². The Labute approximate surface area is 230 Å². The minimum atomic E-state index is -0.284. The van der Waals surface area contributed by atoms with Crippen LogP contribution in [0.3, 0.4) is 0 Å². The summed E-state index contributed by atoms with van der Waals surface area (Å²) in [6, 6.07) is 42.9. The second kappa shape index (κ2) is 7.97. The number of hydrogen-bond donors (Lipinski definition) is 0. The monoisotopic (exact) mass is 502 g/mol. The van der Waals surface area contributed by atoms with E-state index in [2.05, 4.69) is 152 Å². The largest absolute Gasteiger partial charge is 0.353 e. The molecule has 0 fully saturated rings. The van der Waals surface area contributed by atoms with Crippen LogP contribution in [-0.4, -0.2) is 18.1 Å². The lowest BCUT2D eigenvalue weighted by Gasteiger charge is -2.31. The Bertz CT molecular complexity index is 1780. The van der Waals surface area contributed by atoms with E-state index in [-0.39, 0.29) is 11.6 Å². The first kappa shape index (κ1) is 22.4. The molecule has 0 saturated carbocycles. The van der Waals surface area contributed by atoms with Crippen LogP contribution < -0.4 is 4.90 Å². The van der Waals surface area contributed by atoms with E-state index < -0.39 is 0 Å². The number of para-hydroxylation sites is 1. The molecule has 2 heteroatoms. The molecular formula is C37H30N2. The fourth-order valence-electron chi connectivity index (χ4n) is 7.38. The van der Waals surface area contributed by atoms with Crippen molar-refractivity contribution in [1.29, 1.82) is 0 Å². The molecule has 2 nitrogen and oxygen atoms in total. The molecule has 0 N–H and O–H groups in total. The van der Waals surface area contributed by atoms with E-state index in [1.165, 1.54) is 67.0 Å². The molecule has 0 aromatic heterocycles. The molecule has 5 aromatic carbocycles. The third-order valence-electron chi connectivity index (χ3n) is 9.29. The van der Waals surface area contributed by atoms with Crippen molar-refractivity contribution in [2.45, 2.75) is 25.4 Å². The lowest BCUT2D eigenvalue weighted by Crippen LogP contribution is -2.34. The SMILES string of the molecule is Cc1ccccc1N1C=C(c2ccc3c(c2)-c2ccccc2C32c3ccccc3-c3ccccc32)N(C)C1C. The molecule has 3 aliphatic rings. The van der Waals surface area contributed by atoms with E-state index in [4.69, 9.17) is 0 Å². The maximum absolute atomic E-state index is 2.43. The van der Waals surface area contributed by atoms with Gasteiger partial charge in [0.1, 0.15) is 6.17 Å². The standard InChI is InChI=1S/C37H30N2/c1-24-12-4-11-19-35(24)39-23-36(38(3)25(39)2)26-20-21-34-30(22-26)29-15-7-10-18-33(29)37(34)31-16-8-5-13-27(31)28-14-6-9-17-32(28)37/h4-23,25H,1-3H3. The Balaban J connectivity index is 1.35. The summed E-state index contributed by atoms with van der Waals surface area (Å²) in [4.78, 5) is 4.79. The van der Waals surface area contributed by atoms with Crippen molar-refractivity contribution in [1.82, 2.24) is 4.90 Å².